The van der Waals surface area contributed by atoms with E-state index in [0.29, 0.717) is 11.8 Å². The number of para-hydroxylation sites is 3. The lowest BCUT2D eigenvalue weighted by molar-refractivity contribution is 0.465. The summed E-state index contributed by atoms with van der Waals surface area (Å²) in [4.78, 5) is 9.98. The van der Waals surface area contributed by atoms with E-state index in [1.54, 1.807) is 0 Å². The Balaban J connectivity index is 1.08. The maximum atomic E-state index is 6.42. The normalized spacial score (nSPS) is 12.2. The lowest BCUT2D eigenvalue weighted by atomic mass is 9.97. The molecule has 0 radical (unpaired) electrons. The second-order valence-electron chi connectivity index (χ2n) is 12.7. The smallest absolute Gasteiger partial charge is 0.237 e. The molecule has 0 fully saturated rings. The average molecular weight is 627 g/mol. The molecule has 0 unspecified atom stereocenters. The van der Waals surface area contributed by atoms with Crippen LogP contribution in [0.2, 0.25) is 0 Å². The van der Waals surface area contributed by atoms with Gasteiger partial charge < -0.3 is 9.30 Å². The molecule has 5 nitrogen and oxygen atoms in total. The van der Waals surface area contributed by atoms with Crippen LogP contribution in [-0.2, 0) is 0 Å². The van der Waals surface area contributed by atoms with Crippen LogP contribution in [-0.4, -0.2) is 19.1 Å². The molecule has 0 N–H and O–H groups in total. The topological polar surface area (TPSA) is 44.9 Å². The zero-order valence-corrected chi connectivity index (χ0v) is 26.2. The highest BCUT2D eigenvalue weighted by Gasteiger charge is 2.24. The summed E-state index contributed by atoms with van der Waals surface area (Å²) < 4.78 is 10.9. The number of rotatable bonds is 3. The number of ether oxygens (including phenoxy) is 1. The molecule has 4 heterocycles. The predicted octanol–water partition coefficient (Wildman–Crippen LogP) is 11.3. The maximum Gasteiger partial charge on any atom is 0.237 e. The van der Waals surface area contributed by atoms with Crippen LogP contribution < -0.4 is 4.74 Å². The predicted molar refractivity (Wildman–Crippen MR) is 199 cm³/mol. The molecule has 0 saturated carbocycles. The van der Waals surface area contributed by atoms with Crippen molar-refractivity contribution >= 4 is 54.4 Å². The van der Waals surface area contributed by atoms with E-state index in [1.165, 1.54) is 27.4 Å². The van der Waals surface area contributed by atoms with Gasteiger partial charge in [0.2, 0.25) is 11.8 Å². The summed E-state index contributed by atoms with van der Waals surface area (Å²) >= 11 is 0. The molecule has 10 aromatic rings. The monoisotopic (exact) mass is 626 g/mol. The molecule has 228 valence electrons. The quantitative estimate of drug-likeness (QED) is 0.196. The summed E-state index contributed by atoms with van der Waals surface area (Å²) in [6.45, 7) is 0. The van der Waals surface area contributed by atoms with E-state index in [1.807, 2.05) is 18.3 Å². The zero-order chi connectivity index (χ0) is 32.1. The SMILES string of the molecule is c1ccc(-n2c3ccccc3c3cc(-c4ccc5c(c4)c4ccccc4n5-c4ncc5c(n4)Oc4cccc6cccc-5c46)ccc32)cc1. The van der Waals surface area contributed by atoms with E-state index < -0.39 is 0 Å². The Morgan fingerprint density at radius 2 is 1.08 bits per heavy atom. The van der Waals surface area contributed by atoms with Crippen LogP contribution >= 0.6 is 0 Å². The fourth-order valence-electron chi connectivity index (χ4n) is 7.82. The van der Waals surface area contributed by atoms with E-state index >= 15 is 0 Å². The third-order valence-corrected chi connectivity index (χ3v) is 10.00. The van der Waals surface area contributed by atoms with Gasteiger partial charge in [-0.1, -0.05) is 97.1 Å². The highest BCUT2D eigenvalue weighted by Crippen LogP contribution is 2.46. The van der Waals surface area contributed by atoms with Crippen molar-refractivity contribution in [1.29, 1.82) is 0 Å². The minimum Gasteiger partial charge on any atom is -0.438 e. The van der Waals surface area contributed by atoms with Crippen molar-refractivity contribution in [3.05, 3.63) is 158 Å². The van der Waals surface area contributed by atoms with Crippen LogP contribution in [0.4, 0.5) is 0 Å². The van der Waals surface area contributed by atoms with Gasteiger partial charge in [0.1, 0.15) is 5.75 Å². The highest BCUT2D eigenvalue weighted by molar-refractivity contribution is 6.12. The summed E-state index contributed by atoms with van der Waals surface area (Å²) in [5.74, 6) is 1.97. The lowest BCUT2D eigenvalue weighted by Gasteiger charge is -2.20. The molecular formula is C44H26N4O. The van der Waals surface area contributed by atoms with Gasteiger partial charge in [-0.2, -0.15) is 4.98 Å². The number of fused-ring (bicyclic) bond motifs is 8. The molecule has 0 saturated heterocycles. The molecule has 7 aromatic carbocycles. The van der Waals surface area contributed by atoms with Gasteiger partial charge in [0, 0.05) is 44.4 Å². The van der Waals surface area contributed by atoms with Crippen LogP contribution in [0.15, 0.2) is 158 Å². The fourth-order valence-corrected chi connectivity index (χ4v) is 7.82. The molecule has 0 bridgehead atoms. The van der Waals surface area contributed by atoms with Gasteiger partial charge in [0.25, 0.3) is 0 Å². The van der Waals surface area contributed by atoms with Crippen molar-refractivity contribution in [2.75, 3.05) is 0 Å². The van der Waals surface area contributed by atoms with Crippen molar-refractivity contribution in [3.8, 4) is 45.5 Å². The third kappa shape index (κ3) is 3.75. The first kappa shape index (κ1) is 26.4. The average Bonchev–Trinajstić information content (AvgIpc) is 3.67. The van der Waals surface area contributed by atoms with E-state index in [4.69, 9.17) is 14.7 Å². The zero-order valence-electron chi connectivity index (χ0n) is 26.2. The van der Waals surface area contributed by atoms with Crippen LogP contribution in [0.1, 0.15) is 0 Å². The van der Waals surface area contributed by atoms with E-state index in [0.717, 1.165) is 60.7 Å². The Labute approximate surface area is 280 Å². The molecule has 3 aromatic heterocycles. The van der Waals surface area contributed by atoms with Gasteiger partial charge in [-0.3, -0.25) is 4.57 Å². The number of hydrogen-bond acceptors (Lipinski definition) is 3. The molecule has 0 spiro atoms. The Morgan fingerprint density at radius 1 is 0.469 bits per heavy atom. The molecular weight excluding hydrogens is 601 g/mol. The largest absolute Gasteiger partial charge is 0.438 e. The standard InChI is InChI=1S/C44H26N4O/c1-2-12-30(13-3-1)47-37-17-6-4-14-31(37)34-24-28(20-22-39(34)47)29-21-23-40-35(25-29)32-15-5-7-18-38(32)48(40)44-45-26-36-33-16-8-10-27-11-9-19-41(42(27)33)49-43(36)46-44/h1-26H. The number of hydrogen-bond donors (Lipinski definition) is 0. The van der Waals surface area contributed by atoms with Crippen LogP contribution in [0, 0.1) is 0 Å². The van der Waals surface area contributed by atoms with E-state index in [2.05, 4.69) is 149 Å². The van der Waals surface area contributed by atoms with Crippen molar-refractivity contribution in [2.45, 2.75) is 0 Å². The third-order valence-electron chi connectivity index (χ3n) is 10.00. The minimum atomic E-state index is 0.571. The summed E-state index contributed by atoms with van der Waals surface area (Å²) in [6, 6.07) is 53.7. The summed E-state index contributed by atoms with van der Waals surface area (Å²) in [7, 11) is 0. The minimum absolute atomic E-state index is 0.571. The van der Waals surface area contributed by atoms with Crippen molar-refractivity contribution in [3.63, 3.8) is 0 Å². The fraction of sp³-hybridized carbons (Fsp3) is 0. The first-order valence-electron chi connectivity index (χ1n) is 16.5. The van der Waals surface area contributed by atoms with Crippen molar-refractivity contribution in [2.24, 2.45) is 0 Å². The second kappa shape index (κ2) is 9.89. The maximum absolute atomic E-state index is 6.42. The van der Waals surface area contributed by atoms with Gasteiger partial charge >= 0.3 is 0 Å². The molecule has 0 atom stereocenters. The number of nitrogens with zero attached hydrogens (tertiary/aromatic N) is 4. The molecule has 0 aliphatic carbocycles. The first-order chi connectivity index (χ1) is 24.3. The van der Waals surface area contributed by atoms with Crippen LogP contribution in [0.5, 0.6) is 11.6 Å². The molecule has 1 aliphatic rings. The highest BCUT2D eigenvalue weighted by atomic mass is 16.5. The summed E-state index contributed by atoms with van der Waals surface area (Å²) in [5, 5.41) is 7.02. The van der Waals surface area contributed by atoms with Gasteiger partial charge in [0.15, 0.2) is 0 Å². The van der Waals surface area contributed by atoms with Crippen LogP contribution in [0.3, 0.4) is 0 Å². The molecule has 5 heteroatoms. The first-order valence-corrected chi connectivity index (χ1v) is 16.5. The van der Waals surface area contributed by atoms with Crippen LogP contribution in [0.25, 0.3) is 88.3 Å². The van der Waals surface area contributed by atoms with Gasteiger partial charge in [0.05, 0.1) is 27.6 Å². The molecule has 11 rings (SSSR count). The Kier molecular flexibility index (Phi) is 5.32. The second-order valence-corrected chi connectivity index (χ2v) is 12.7. The van der Waals surface area contributed by atoms with Gasteiger partial charge in [-0.15, -0.1) is 0 Å². The van der Waals surface area contributed by atoms with Crippen molar-refractivity contribution < 1.29 is 4.74 Å². The summed E-state index contributed by atoms with van der Waals surface area (Å²) in [5.41, 5.74) is 9.98. The molecule has 0 amide bonds. The van der Waals surface area contributed by atoms with Gasteiger partial charge in [-0.05, 0) is 71.1 Å². The Morgan fingerprint density at radius 3 is 1.82 bits per heavy atom. The van der Waals surface area contributed by atoms with E-state index in [-0.39, 0.29) is 0 Å². The number of benzene rings is 7. The molecule has 49 heavy (non-hydrogen) atoms. The summed E-state index contributed by atoms with van der Waals surface area (Å²) in [6.07, 6.45) is 1.90. The number of aromatic nitrogens is 4. The van der Waals surface area contributed by atoms with Gasteiger partial charge in [-0.25, -0.2) is 4.98 Å². The Hall–Kier alpha value is -6.72. The molecule has 1 aliphatic heterocycles. The van der Waals surface area contributed by atoms with Crippen molar-refractivity contribution in [1.82, 2.24) is 19.1 Å². The Bertz CT molecular complexity index is 2970. The lowest BCUT2D eigenvalue weighted by Crippen LogP contribution is -2.06. The van der Waals surface area contributed by atoms with E-state index in [9.17, 15) is 0 Å².